The first-order valence-electron chi connectivity index (χ1n) is 11.0. The molecule has 2 aliphatic rings. The zero-order valence-electron chi connectivity index (χ0n) is 18.3. The van der Waals surface area contributed by atoms with E-state index in [0.29, 0.717) is 6.42 Å². The SMILES string of the molecule is CCC1(C(=O)O)CN(C(=O)CC(C)NC(=O)OCC2c3ccccc3-c3ccccc32)C1. The maximum Gasteiger partial charge on any atom is 0.407 e. The van der Waals surface area contributed by atoms with Gasteiger partial charge >= 0.3 is 12.1 Å². The highest BCUT2D eigenvalue weighted by Gasteiger charge is 2.49. The molecule has 32 heavy (non-hydrogen) atoms. The minimum Gasteiger partial charge on any atom is -0.481 e. The number of carbonyl (C=O) groups excluding carboxylic acids is 2. The average Bonchev–Trinajstić information content (AvgIpc) is 3.05. The first-order valence-corrected chi connectivity index (χ1v) is 11.0. The molecule has 0 aromatic heterocycles. The molecule has 7 nitrogen and oxygen atoms in total. The molecule has 2 aromatic carbocycles. The van der Waals surface area contributed by atoms with Gasteiger partial charge in [-0.2, -0.15) is 0 Å². The van der Waals surface area contributed by atoms with Gasteiger partial charge in [-0.1, -0.05) is 55.5 Å². The van der Waals surface area contributed by atoms with Gasteiger partial charge in [0, 0.05) is 31.5 Å². The summed E-state index contributed by atoms with van der Waals surface area (Å²) < 4.78 is 5.52. The van der Waals surface area contributed by atoms with Gasteiger partial charge in [-0.15, -0.1) is 0 Å². The van der Waals surface area contributed by atoms with E-state index >= 15 is 0 Å². The monoisotopic (exact) mass is 436 g/mol. The number of fused-ring (bicyclic) bond motifs is 3. The normalized spacial score (nSPS) is 17.0. The highest BCUT2D eigenvalue weighted by atomic mass is 16.5. The highest BCUT2D eigenvalue weighted by Crippen LogP contribution is 2.44. The number of amides is 2. The van der Waals surface area contributed by atoms with Crippen LogP contribution in [0.25, 0.3) is 11.1 Å². The van der Waals surface area contributed by atoms with E-state index in [1.807, 2.05) is 31.2 Å². The van der Waals surface area contributed by atoms with Gasteiger partial charge in [0.25, 0.3) is 0 Å². The molecule has 0 bridgehead atoms. The summed E-state index contributed by atoms with van der Waals surface area (Å²) in [6.45, 7) is 4.20. The third-order valence-corrected chi connectivity index (χ3v) is 6.66. The van der Waals surface area contributed by atoms with Crippen LogP contribution in [0.5, 0.6) is 0 Å². The van der Waals surface area contributed by atoms with Crippen LogP contribution in [0, 0.1) is 5.41 Å². The number of nitrogens with zero attached hydrogens (tertiary/aromatic N) is 1. The van der Waals surface area contributed by atoms with E-state index < -0.39 is 23.5 Å². The first-order chi connectivity index (χ1) is 15.3. The minimum atomic E-state index is -0.867. The molecular formula is C25H28N2O5. The second-order valence-corrected chi connectivity index (χ2v) is 8.76. The lowest BCUT2D eigenvalue weighted by atomic mass is 9.77. The molecule has 7 heteroatoms. The smallest absolute Gasteiger partial charge is 0.407 e. The maximum atomic E-state index is 12.4. The Bertz CT molecular complexity index is 999. The van der Waals surface area contributed by atoms with Gasteiger partial charge in [0.2, 0.25) is 5.91 Å². The van der Waals surface area contributed by atoms with Crippen molar-refractivity contribution in [3.63, 3.8) is 0 Å². The van der Waals surface area contributed by atoms with Gasteiger partial charge in [-0.3, -0.25) is 9.59 Å². The van der Waals surface area contributed by atoms with Gasteiger partial charge in [0.05, 0.1) is 0 Å². The summed E-state index contributed by atoms with van der Waals surface area (Å²) in [4.78, 5) is 37.7. The van der Waals surface area contributed by atoms with Crippen molar-refractivity contribution in [3.8, 4) is 11.1 Å². The van der Waals surface area contributed by atoms with Crippen LogP contribution in [-0.2, 0) is 14.3 Å². The maximum absolute atomic E-state index is 12.4. The number of carbonyl (C=O) groups is 3. The molecule has 1 aliphatic carbocycles. The zero-order valence-corrected chi connectivity index (χ0v) is 18.3. The van der Waals surface area contributed by atoms with Crippen LogP contribution in [0.3, 0.4) is 0 Å². The summed E-state index contributed by atoms with van der Waals surface area (Å²) in [7, 11) is 0. The molecule has 1 saturated heterocycles. The topological polar surface area (TPSA) is 95.9 Å². The Morgan fingerprint density at radius 3 is 2.19 bits per heavy atom. The summed E-state index contributed by atoms with van der Waals surface area (Å²) in [6.07, 6.45) is 0.0210. The lowest BCUT2D eigenvalue weighted by Gasteiger charge is -2.47. The molecule has 2 aromatic rings. The molecule has 4 rings (SSSR count). The molecule has 2 N–H and O–H groups in total. The van der Waals surface area contributed by atoms with E-state index in [9.17, 15) is 19.5 Å². The average molecular weight is 437 g/mol. The molecule has 1 unspecified atom stereocenters. The third-order valence-electron chi connectivity index (χ3n) is 6.66. The Kier molecular flexibility index (Phi) is 5.91. The van der Waals surface area contributed by atoms with Crippen LogP contribution in [-0.4, -0.2) is 53.7 Å². The molecule has 168 valence electrons. The number of hydrogen-bond acceptors (Lipinski definition) is 4. The van der Waals surface area contributed by atoms with Crippen LogP contribution >= 0.6 is 0 Å². The van der Waals surface area contributed by atoms with Crippen LogP contribution in [0.15, 0.2) is 48.5 Å². The number of rotatable bonds is 7. The first kappa shape index (κ1) is 21.9. The molecule has 1 heterocycles. The molecule has 1 atom stereocenters. The van der Waals surface area contributed by atoms with E-state index in [1.54, 1.807) is 6.92 Å². The van der Waals surface area contributed by atoms with Gasteiger partial charge in [0.15, 0.2) is 0 Å². The minimum absolute atomic E-state index is 0.0237. The second-order valence-electron chi connectivity index (χ2n) is 8.76. The number of aliphatic carboxylic acids is 1. The Morgan fingerprint density at radius 2 is 1.66 bits per heavy atom. The van der Waals surface area contributed by atoms with Crippen LogP contribution in [0.1, 0.15) is 43.7 Å². The van der Waals surface area contributed by atoms with Crippen molar-refractivity contribution in [1.29, 1.82) is 0 Å². The number of nitrogens with one attached hydrogen (secondary N) is 1. The van der Waals surface area contributed by atoms with Crippen molar-refractivity contribution in [1.82, 2.24) is 10.2 Å². The van der Waals surface area contributed by atoms with Crippen molar-refractivity contribution < 1.29 is 24.2 Å². The fourth-order valence-electron chi connectivity index (χ4n) is 4.65. The van der Waals surface area contributed by atoms with Gasteiger partial charge in [-0.25, -0.2) is 4.79 Å². The van der Waals surface area contributed by atoms with Gasteiger partial charge in [0.1, 0.15) is 12.0 Å². The Balaban J connectivity index is 1.29. The predicted octanol–water partition coefficient (Wildman–Crippen LogP) is 3.63. The number of hydrogen-bond donors (Lipinski definition) is 2. The third kappa shape index (κ3) is 3.95. The lowest BCUT2D eigenvalue weighted by molar-refractivity contribution is -0.166. The number of alkyl carbamates (subject to hydrolysis) is 1. The summed E-state index contributed by atoms with van der Waals surface area (Å²) in [5, 5.41) is 12.1. The number of carboxylic acids is 1. The lowest BCUT2D eigenvalue weighted by Crippen LogP contribution is -2.62. The number of ether oxygens (including phenoxy) is 1. The van der Waals surface area contributed by atoms with Crippen LogP contribution in [0.4, 0.5) is 4.79 Å². The van der Waals surface area contributed by atoms with Crippen LogP contribution < -0.4 is 5.32 Å². The number of benzene rings is 2. The fraction of sp³-hybridized carbons (Fsp3) is 0.400. The highest BCUT2D eigenvalue weighted by molar-refractivity contribution is 5.84. The summed E-state index contributed by atoms with van der Waals surface area (Å²) >= 11 is 0. The van der Waals surface area contributed by atoms with Gasteiger partial charge in [-0.05, 0) is 35.6 Å². The quantitative estimate of drug-likeness (QED) is 0.691. The van der Waals surface area contributed by atoms with Crippen molar-refractivity contribution in [2.75, 3.05) is 19.7 Å². The van der Waals surface area contributed by atoms with Crippen molar-refractivity contribution in [2.45, 2.75) is 38.6 Å². The van der Waals surface area contributed by atoms with E-state index in [1.165, 1.54) is 4.90 Å². The Morgan fingerprint density at radius 1 is 1.09 bits per heavy atom. The second kappa shape index (κ2) is 8.65. The Labute approximate surface area is 187 Å². The molecule has 0 radical (unpaired) electrons. The van der Waals surface area contributed by atoms with Crippen LogP contribution in [0.2, 0.25) is 0 Å². The molecule has 2 amide bonds. The zero-order chi connectivity index (χ0) is 22.9. The van der Waals surface area contributed by atoms with E-state index in [2.05, 4.69) is 29.6 Å². The number of likely N-dealkylation sites (tertiary alicyclic amines) is 1. The van der Waals surface area contributed by atoms with Crippen molar-refractivity contribution in [3.05, 3.63) is 59.7 Å². The Hall–Kier alpha value is -3.35. The predicted molar refractivity (Wildman–Crippen MR) is 119 cm³/mol. The van der Waals surface area contributed by atoms with E-state index in [0.717, 1.165) is 22.3 Å². The molecular weight excluding hydrogens is 408 g/mol. The fourth-order valence-corrected chi connectivity index (χ4v) is 4.65. The molecule has 1 aliphatic heterocycles. The van der Waals surface area contributed by atoms with E-state index in [4.69, 9.17) is 4.74 Å². The molecule has 0 saturated carbocycles. The largest absolute Gasteiger partial charge is 0.481 e. The van der Waals surface area contributed by atoms with Crippen molar-refractivity contribution >= 4 is 18.0 Å². The summed E-state index contributed by atoms with van der Waals surface area (Å²) in [6, 6.07) is 15.8. The van der Waals surface area contributed by atoms with E-state index in [-0.39, 0.29) is 37.9 Å². The standard InChI is InChI=1S/C25H28N2O5/c1-3-25(23(29)30)14-27(15-25)22(28)12-16(2)26-24(31)32-13-21-19-10-6-4-8-17(19)18-9-5-7-11-20(18)21/h4-11,16,21H,3,12-15H2,1-2H3,(H,26,31)(H,29,30). The van der Waals surface area contributed by atoms with Crippen molar-refractivity contribution in [2.24, 2.45) is 5.41 Å². The molecule has 0 spiro atoms. The van der Waals surface area contributed by atoms with Gasteiger partial charge < -0.3 is 20.1 Å². The molecule has 1 fully saturated rings. The summed E-state index contributed by atoms with van der Waals surface area (Å²) in [5.74, 6) is -1.06. The summed E-state index contributed by atoms with van der Waals surface area (Å²) in [5.41, 5.74) is 3.77. The number of carboxylic acid groups (broad SMARTS) is 1.